The molecular weight excluding hydrogens is 226 g/mol. The number of carbonyl (C=O) groups is 2. The van der Waals surface area contributed by atoms with E-state index in [1.165, 1.54) is 12.2 Å². The van der Waals surface area contributed by atoms with Crippen LogP contribution in [-0.4, -0.2) is 44.5 Å². The van der Waals surface area contributed by atoms with Gasteiger partial charge < -0.3 is 15.5 Å². The number of carboxylic acids is 1. The monoisotopic (exact) mass is 239 g/mol. The Bertz CT molecular complexity index is 439. The van der Waals surface area contributed by atoms with Crippen LogP contribution in [0.4, 0.5) is 0 Å². The van der Waals surface area contributed by atoms with E-state index in [1.54, 1.807) is 24.0 Å². The molecule has 92 valence electrons. The van der Waals surface area contributed by atoms with Gasteiger partial charge in [0.1, 0.15) is 0 Å². The van der Waals surface area contributed by atoms with E-state index in [1.807, 2.05) is 0 Å². The molecule has 0 aromatic carbocycles. The maximum Gasteiger partial charge on any atom is 0.328 e. The van der Waals surface area contributed by atoms with Gasteiger partial charge in [-0.15, -0.1) is 0 Å². The molecule has 7 nitrogen and oxygen atoms in total. The topological polar surface area (TPSA) is 104 Å². The fourth-order valence-electron chi connectivity index (χ4n) is 1.11. The Morgan fingerprint density at radius 1 is 1.65 bits per heavy atom. The van der Waals surface area contributed by atoms with Crippen LogP contribution in [0.1, 0.15) is 5.69 Å². The molecule has 3 N–H and O–H groups in total. The van der Waals surface area contributed by atoms with Crippen LogP contribution in [0, 0.1) is 0 Å². The number of nitrogens with one attached hydrogen (secondary N) is 1. The van der Waals surface area contributed by atoms with Gasteiger partial charge in [-0.3, -0.25) is 9.48 Å². The van der Waals surface area contributed by atoms with Crippen LogP contribution in [0.25, 0.3) is 6.08 Å². The zero-order valence-electron chi connectivity index (χ0n) is 9.20. The van der Waals surface area contributed by atoms with E-state index in [9.17, 15) is 9.59 Å². The van der Waals surface area contributed by atoms with E-state index in [4.69, 9.17) is 10.2 Å². The molecule has 0 fully saturated rings. The number of aliphatic hydroxyl groups is 1. The van der Waals surface area contributed by atoms with Crippen molar-refractivity contribution in [2.24, 2.45) is 7.05 Å². The lowest BCUT2D eigenvalue weighted by Crippen LogP contribution is -2.42. The smallest absolute Gasteiger partial charge is 0.328 e. The van der Waals surface area contributed by atoms with Gasteiger partial charge in [0.2, 0.25) is 5.91 Å². The zero-order chi connectivity index (χ0) is 12.8. The summed E-state index contributed by atoms with van der Waals surface area (Å²) in [6, 6.07) is 0.406. The van der Waals surface area contributed by atoms with E-state index in [-0.39, 0.29) is 0 Å². The molecular formula is C10H13N3O4. The predicted molar refractivity (Wildman–Crippen MR) is 58.9 cm³/mol. The van der Waals surface area contributed by atoms with Crippen molar-refractivity contribution in [3.63, 3.8) is 0 Å². The van der Waals surface area contributed by atoms with Crippen LogP contribution in [-0.2, 0) is 16.6 Å². The van der Waals surface area contributed by atoms with Gasteiger partial charge in [-0.1, -0.05) is 0 Å². The largest absolute Gasteiger partial charge is 0.480 e. The predicted octanol–water partition coefficient (Wildman–Crippen LogP) is -1.01. The van der Waals surface area contributed by atoms with Crippen molar-refractivity contribution in [3.8, 4) is 0 Å². The minimum absolute atomic E-state index is 0.590. The van der Waals surface area contributed by atoms with Crippen molar-refractivity contribution in [1.82, 2.24) is 15.1 Å². The van der Waals surface area contributed by atoms with Gasteiger partial charge in [0, 0.05) is 19.3 Å². The van der Waals surface area contributed by atoms with E-state index < -0.39 is 24.5 Å². The summed E-state index contributed by atoms with van der Waals surface area (Å²) in [4.78, 5) is 21.9. The molecule has 7 heteroatoms. The number of carboxylic acid groups (broad SMARTS) is 1. The summed E-state index contributed by atoms with van der Waals surface area (Å²) >= 11 is 0. The molecule has 0 saturated heterocycles. The highest BCUT2D eigenvalue weighted by molar-refractivity contribution is 5.94. The Kier molecular flexibility index (Phi) is 4.41. The summed E-state index contributed by atoms with van der Waals surface area (Å²) in [7, 11) is 1.71. The van der Waals surface area contributed by atoms with Crippen LogP contribution in [0.3, 0.4) is 0 Å². The molecule has 1 amide bonds. The molecule has 17 heavy (non-hydrogen) atoms. The number of nitrogens with zero attached hydrogens (tertiary/aromatic N) is 2. The number of rotatable bonds is 5. The SMILES string of the molecule is Cn1nccc1/C=C/C(=O)N[C@H](CO)C(=O)O. The standard InChI is InChI=1S/C10H13N3O4/c1-13-7(4-5-11-13)2-3-9(15)12-8(6-14)10(16)17/h2-5,8,14H,6H2,1H3,(H,12,15)(H,16,17)/b3-2+/t8-/m1/s1. The van der Waals surface area contributed by atoms with Crippen LogP contribution in [0.2, 0.25) is 0 Å². The third kappa shape index (κ3) is 3.72. The second-order valence-electron chi connectivity index (χ2n) is 3.29. The first-order chi connectivity index (χ1) is 8.04. The average molecular weight is 239 g/mol. The van der Waals surface area contributed by atoms with E-state index in [2.05, 4.69) is 10.4 Å². The van der Waals surface area contributed by atoms with Gasteiger partial charge in [-0.2, -0.15) is 5.10 Å². The van der Waals surface area contributed by atoms with Crippen LogP contribution >= 0.6 is 0 Å². The Labute approximate surface area is 97.4 Å². The number of hydrogen-bond donors (Lipinski definition) is 3. The summed E-state index contributed by atoms with van der Waals surface area (Å²) in [5.41, 5.74) is 0.705. The van der Waals surface area contributed by atoms with Gasteiger partial charge in [0.25, 0.3) is 0 Å². The normalized spacial score (nSPS) is 12.6. The van der Waals surface area contributed by atoms with Gasteiger partial charge in [-0.25, -0.2) is 4.79 Å². The molecule has 1 aromatic rings. The first-order valence-corrected chi connectivity index (χ1v) is 4.85. The highest BCUT2D eigenvalue weighted by Crippen LogP contribution is 1.98. The molecule has 1 heterocycles. The third-order valence-electron chi connectivity index (χ3n) is 2.06. The van der Waals surface area contributed by atoms with Gasteiger partial charge in [0.05, 0.1) is 12.3 Å². The molecule has 0 aliphatic carbocycles. The number of hydrogen-bond acceptors (Lipinski definition) is 4. The molecule has 1 atom stereocenters. The van der Waals surface area contributed by atoms with Crippen LogP contribution < -0.4 is 5.32 Å². The minimum Gasteiger partial charge on any atom is -0.480 e. The van der Waals surface area contributed by atoms with Gasteiger partial charge >= 0.3 is 5.97 Å². The second kappa shape index (κ2) is 5.80. The van der Waals surface area contributed by atoms with Crippen molar-refractivity contribution in [2.45, 2.75) is 6.04 Å². The molecule has 0 bridgehead atoms. The number of aliphatic hydroxyl groups excluding tert-OH is 1. The number of aryl methyl sites for hydroxylation is 1. The molecule has 0 saturated carbocycles. The lowest BCUT2D eigenvalue weighted by atomic mass is 10.3. The maximum atomic E-state index is 11.3. The maximum absolute atomic E-state index is 11.3. The summed E-state index contributed by atoms with van der Waals surface area (Å²) in [5, 5.41) is 23.4. The number of amides is 1. The summed E-state index contributed by atoms with van der Waals surface area (Å²) in [6.07, 6.45) is 4.26. The van der Waals surface area contributed by atoms with Crippen molar-refractivity contribution in [3.05, 3.63) is 24.0 Å². The van der Waals surface area contributed by atoms with Gasteiger partial charge in [0.15, 0.2) is 6.04 Å². The van der Waals surface area contributed by atoms with Crippen molar-refractivity contribution < 1.29 is 19.8 Å². The van der Waals surface area contributed by atoms with Crippen LogP contribution in [0.15, 0.2) is 18.3 Å². The summed E-state index contributed by atoms with van der Waals surface area (Å²) in [5.74, 6) is -1.87. The molecule has 0 spiro atoms. The Hall–Kier alpha value is -2.15. The minimum atomic E-state index is -1.29. The molecule has 1 rings (SSSR count). The van der Waals surface area contributed by atoms with Crippen LogP contribution in [0.5, 0.6) is 0 Å². The van der Waals surface area contributed by atoms with Crippen molar-refractivity contribution >= 4 is 18.0 Å². The summed E-state index contributed by atoms with van der Waals surface area (Å²) in [6.45, 7) is -0.652. The highest BCUT2D eigenvalue weighted by Gasteiger charge is 2.17. The Morgan fingerprint density at radius 2 is 2.35 bits per heavy atom. The van der Waals surface area contributed by atoms with E-state index in [0.717, 1.165) is 0 Å². The third-order valence-corrected chi connectivity index (χ3v) is 2.06. The summed E-state index contributed by atoms with van der Waals surface area (Å²) < 4.78 is 1.56. The Balaban J connectivity index is 2.58. The lowest BCUT2D eigenvalue weighted by Gasteiger charge is -2.09. The van der Waals surface area contributed by atoms with Crippen molar-refractivity contribution in [1.29, 1.82) is 0 Å². The molecule has 0 aliphatic heterocycles. The number of carbonyl (C=O) groups excluding carboxylic acids is 1. The highest BCUT2D eigenvalue weighted by atomic mass is 16.4. The number of aliphatic carboxylic acids is 1. The lowest BCUT2D eigenvalue weighted by molar-refractivity contribution is -0.142. The fourth-order valence-corrected chi connectivity index (χ4v) is 1.11. The first-order valence-electron chi connectivity index (χ1n) is 4.85. The zero-order valence-corrected chi connectivity index (χ0v) is 9.20. The quantitative estimate of drug-likeness (QED) is 0.571. The van der Waals surface area contributed by atoms with Gasteiger partial charge in [-0.05, 0) is 12.1 Å². The molecule has 0 unspecified atom stereocenters. The average Bonchev–Trinajstić information content (AvgIpc) is 2.68. The van der Waals surface area contributed by atoms with E-state index in [0.29, 0.717) is 5.69 Å². The number of aromatic nitrogens is 2. The van der Waals surface area contributed by atoms with E-state index >= 15 is 0 Å². The first kappa shape index (κ1) is 12.9. The fraction of sp³-hybridized carbons (Fsp3) is 0.300. The molecule has 0 aliphatic rings. The molecule has 0 radical (unpaired) electrons. The Morgan fingerprint density at radius 3 is 2.82 bits per heavy atom. The van der Waals surface area contributed by atoms with Crippen molar-refractivity contribution in [2.75, 3.05) is 6.61 Å². The molecule has 1 aromatic heterocycles. The second-order valence-corrected chi connectivity index (χ2v) is 3.29.